The Hall–Kier alpha value is -3.38. The number of fused-ring (bicyclic) bond motifs is 6. The van der Waals surface area contributed by atoms with Gasteiger partial charge in [0, 0.05) is 0 Å². The molecule has 0 bridgehead atoms. The van der Waals surface area contributed by atoms with Gasteiger partial charge in [0.05, 0.1) is 0 Å². The van der Waals surface area contributed by atoms with Crippen molar-refractivity contribution < 1.29 is 0 Å². The average Bonchev–Trinajstić information content (AvgIpc) is 3.11. The molecule has 6 rings (SSSR count). The first kappa shape index (κ1) is 14.8. The molecule has 126 valence electrons. The molecule has 0 heteroatoms. The van der Waals surface area contributed by atoms with E-state index in [9.17, 15) is 0 Å². The molecule has 0 unspecified atom stereocenters. The highest BCUT2D eigenvalue weighted by Crippen LogP contribution is 2.43. The van der Waals surface area contributed by atoms with Gasteiger partial charge in [-0.05, 0) is 79.5 Å². The van der Waals surface area contributed by atoms with Gasteiger partial charge in [-0.1, -0.05) is 78.9 Å². The molecule has 27 heavy (non-hydrogen) atoms. The molecule has 1 aliphatic carbocycles. The molecule has 0 nitrogen and oxygen atoms in total. The first-order chi connectivity index (χ1) is 13.4. The van der Waals surface area contributed by atoms with Crippen molar-refractivity contribution in [1.29, 1.82) is 0 Å². The molecule has 0 radical (unpaired) electrons. The largest absolute Gasteiger partial charge is 0.0622 e. The van der Waals surface area contributed by atoms with Crippen molar-refractivity contribution in [3.05, 3.63) is 108 Å². The van der Waals surface area contributed by atoms with Crippen molar-refractivity contribution in [2.24, 2.45) is 0 Å². The fourth-order valence-corrected chi connectivity index (χ4v) is 4.50. The monoisotopic (exact) mass is 342 g/mol. The van der Waals surface area contributed by atoms with Crippen molar-refractivity contribution in [2.45, 2.75) is 6.42 Å². The summed E-state index contributed by atoms with van der Waals surface area (Å²) in [6.45, 7) is 0. The standard InChI is InChI=1S/C27H18/c1-2-6-18(7-3-1)21-10-11-23-15-24-13-12-22-14-19-8-4-5-9-20(19)16-25(22)27(24)26(23)17-21/h1-14,16-17H,15H2. The maximum absolute atomic E-state index is 2.38. The number of hydrogen-bond acceptors (Lipinski definition) is 0. The lowest BCUT2D eigenvalue weighted by Gasteiger charge is -2.10. The van der Waals surface area contributed by atoms with Gasteiger partial charge in [0.2, 0.25) is 0 Å². The lowest BCUT2D eigenvalue weighted by molar-refractivity contribution is 1.27. The molecule has 0 fully saturated rings. The molecule has 5 aromatic carbocycles. The Labute approximate surface area is 158 Å². The topological polar surface area (TPSA) is 0 Å². The van der Waals surface area contributed by atoms with E-state index >= 15 is 0 Å². The minimum Gasteiger partial charge on any atom is -0.0622 e. The van der Waals surface area contributed by atoms with Gasteiger partial charge in [0.15, 0.2) is 0 Å². The van der Waals surface area contributed by atoms with Crippen molar-refractivity contribution in [3.63, 3.8) is 0 Å². The lowest BCUT2D eigenvalue weighted by Crippen LogP contribution is -1.84. The fourth-order valence-electron chi connectivity index (χ4n) is 4.50. The van der Waals surface area contributed by atoms with Crippen LogP contribution in [0.5, 0.6) is 0 Å². The van der Waals surface area contributed by atoms with Gasteiger partial charge in [-0.25, -0.2) is 0 Å². The third kappa shape index (κ3) is 2.23. The summed E-state index contributed by atoms with van der Waals surface area (Å²) in [7, 11) is 0. The summed E-state index contributed by atoms with van der Waals surface area (Å²) in [4.78, 5) is 0. The highest BCUT2D eigenvalue weighted by molar-refractivity contribution is 6.07. The first-order valence-electron chi connectivity index (χ1n) is 9.50. The lowest BCUT2D eigenvalue weighted by atomic mass is 9.93. The van der Waals surface area contributed by atoms with E-state index in [4.69, 9.17) is 0 Å². The quantitative estimate of drug-likeness (QED) is 0.276. The molecule has 0 heterocycles. The van der Waals surface area contributed by atoms with Gasteiger partial charge in [0.25, 0.3) is 0 Å². The minimum atomic E-state index is 1.03. The van der Waals surface area contributed by atoms with Crippen molar-refractivity contribution in [3.8, 4) is 22.3 Å². The molecule has 5 aromatic rings. The molecule has 0 atom stereocenters. The summed E-state index contributed by atoms with van der Waals surface area (Å²) >= 11 is 0. The summed E-state index contributed by atoms with van der Waals surface area (Å²) in [5.41, 5.74) is 8.26. The fraction of sp³-hybridized carbons (Fsp3) is 0.0370. The third-order valence-corrected chi connectivity index (χ3v) is 5.84. The van der Waals surface area contributed by atoms with Gasteiger partial charge < -0.3 is 0 Å². The Balaban J connectivity index is 1.64. The summed E-state index contributed by atoms with van der Waals surface area (Å²) in [6.07, 6.45) is 1.03. The highest BCUT2D eigenvalue weighted by atomic mass is 14.2. The summed E-state index contributed by atoms with van der Waals surface area (Å²) in [5, 5.41) is 5.31. The van der Waals surface area contributed by atoms with Gasteiger partial charge in [-0.2, -0.15) is 0 Å². The maximum atomic E-state index is 2.38. The van der Waals surface area contributed by atoms with E-state index in [1.165, 1.54) is 54.9 Å². The predicted octanol–water partition coefficient (Wildman–Crippen LogP) is 7.23. The Morgan fingerprint density at radius 1 is 0.481 bits per heavy atom. The van der Waals surface area contributed by atoms with E-state index in [1.54, 1.807) is 0 Å². The van der Waals surface area contributed by atoms with E-state index in [1.807, 2.05) is 0 Å². The van der Waals surface area contributed by atoms with Gasteiger partial charge in [-0.15, -0.1) is 0 Å². The molecule has 0 saturated heterocycles. The Morgan fingerprint density at radius 3 is 2.07 bits per heavy atom. The SMILES string of the molecule is c1ccc(-c2ccc3c(c2)-c2c(ccc4cc5ccccc5cc24)C3)cc1. The van der Waals surface area contributed by atoms with Gasteiger partial charge >= 0.3 is 0 Å². The Kier molecular flexibility index (Phi) is 3.04. The smallest absolute Gasteiger partial charge is 0.00132 e. The molecule has 0 saturated carbocycles. The predicted molar refractivity (Wildman–Crippen MR) is 115 cm³/mol. The van der Waals surface area contributed by atoms with Crippen LogP contribution in [-0.2, 0) is 6.42 Å². The highest BCUT2D eigenvalue weighted by Gasteiger charge is 2.21. The summed E-state index contributed by atoms with van der Waals surface area (Å²) < 4.78 is 0. The van der Waals surface area contributed by atoms with E-state index in [0.29, 0.717) is 0 Å². The molecular weight excluding hydrogens is 324 g/mol. The molecule has 1 aliphatic rings. The van der Waals surface area contributed by atoms with Gasteiger partial charge in [-0.3, -0.25) is 0 Å². The molecule has 0 amide bonds. The van der Waals surface area contributed by atoms with Gasteiger partial charge in [0.1, 0.15) is 0 Å². The molecule has 0 aromatic heterocycles. The Morgan fingerprint density at radius 2 is 1.22 bits per heavy atom. The molecular formula is C27H18. The molecule has 0 N–H and O–H groups in total. The summed E-state index contributed by atoms with van der Waals surface area (Å²) in [5.74, 6) is 0. The van der Waals surface area contributed by atoms with Crippen molar-refractivity contribution in [1.82, 2.24) is 0 Å². The Bertz CT molecular complexity index is 1330. The zero-order valence-electron chi connectivity index (χ0n) is 14.9. The number of rotatable bonds is 1. The molecule has 0 spiro atoms. The second kappa shape index (κ2) is 5.56. The zero-order chi connectivity index (χ0) is 17.8. The van der Waals surface area contributed by atoms with E-state index in [2.05, 4.69) is 97.1 Å². The van der Waals surface area contributed by atoms with Crippen LogP contribution in [0.1, 0.15) is 11.1 Å². The first-order valence-corrected chi connectivity index (χ1v) is 9.50. The van der Waals surface area contributed by atoms with E-state index in [-0.39, 0.29) is 0 Å². The van der Waals surface area contributed by atoms with Crippen LogP contribution in [0.2, 0.25) is 0 Å². The van der Waals surface area contributed by atoms with Crippen molar-refractivity contribution in [2.75, 3.05) is 0 Å². The van der Waals surface area contributed by atoms with Crippen LogP contribution >= 0.6 is 0 Å². The maximum Gasteiger partial charge on any atom is -0.00132 e. The van der Waals surface area contributed by atoms with Crippen molar-refractivity contribution >= 4 is 21.5 Å². The molecule has 0 aliphatic heterocycles. The van der Waals surface area contributed by atoms with E-state index in [0.717, 1.165) is 6.42 Å². The second-order valence-electron chi connectivity index (χ2n) is 7.43. The number of benzene rings is 5. The summed E-state index contributed by atoms with van der Waals surface area (Å²) in [6, 6.07) is 35.6. The average molecular weight is 342 g/mol. The van der Waals surface area contributed by atoms with Crippen LogP contribution in [0.4, 0.5) is 0 Å². The second-order valence-corrected chi connectivity index (χ2v) is 7.43. The van der Waals surface area contributed by atoms with Crippen LogP contribution in [0.25, 0.3) is 43.8 Å². The number of hydrogen-bond donors (Lipinski definition) is 0. The van der Waals surface area contributed by atoms with Crippen LogP contribution in [-0.4, -0.2) is 0 Å². The van der Waals surface area contributed by atoms with Crippen LogP contribution in [0, 0.1) is 0 Å². The van der Waals surface area contributed by atoms with Crippen LogP contribution in [0.3, 0.4) is 0 Å². The van der Waals surface area contributed by atoms with Crippen LogP contribution < -0.4 is 0 Å². The minimum absolute atomic E-state index is 1.03. The normalized spacial score (nSPS) is 12.3. The zero-order valence-corrected chi connectivity index (χ0v) is 14.9. The van der Waals surface area contributed by atoms with E-state index < -0.39 is 0 Å². The van der Waals surface area contributed by atoms with Crippen LogP contribution in [0.15, 0.2) is 97.1 Å². The third-order valence-electron chi connectivity index (χ3n) is 5.84.